The maximum Gasteiger partial charge on any atom is 0.338 e. The Morgan fingerprint density at radius 1 is 1.38 bits per heavy atom. The van der Waals surface area contributed by atoms with E-state index < -0.39 is 5.97 Å². The molecule has 114 valence electrons. The first-order valence-corrected chi connectivity index (χ1v) is 7.40. The lowest BCUT2D eigenvalue weighted by molar-refractivity contribution is -0.134. The molecule has 1 aliphatic rings. The van der Waals surface area contributed by atoms with E-state index in [2.05, 4.69) is 0 Å². The molecule has 7 heteroatoms. The lowest BCUT2D eigenvalue weighted by atomic mass is 10.2. The van der Waals surface area contributed by atoms with Crippen LogP contribution >= 0.6 is 23.2 Å². The molecule has 21 heavy (non-hydrogen) atoms. The quantitative estimate of drug-likeness (QED) is 0.665. The van der Waals surface area contributed by atoms with E-state index in [4.69, 9.17) is 33.7 Å². The Bertz CT molecular complexity index is 550. The number of likely N-dealkylation sites (N-methyl/N-ethyl adjacent to an activating group) is 1. The number of nitrogens with zero attached hydrogens (tertiary/aromatic N) is 1. The highest BCUT2D eigenvalue weighted by Crippen LogP contribution is 2.30. The molecule has 0 saturated heterocycles. The van der Waals surface area contributed by atoms with E-state index in [1.54, 1.807) is 4.90 Å². The van der Waals surface area contributed by atoms with Crippen LogP contribution in [0.5, 0.6) is 0 Å². The highest BCUT2D eigenvalue weighted by atomic mass is 35.5. The van der Waals surface area contributed by atoms with Crippen LogP contribution in [0.4, 0.5) is 5.69 Å². The van der Waals surface area contributed by atoms with Gasteiger partial charge in [-0.2, -0.15) is 0 Å². The predicted molar refractivity (Wildman–Crippen MR) is 81.6 cm³/mol. The molecule has 0 unspecified atom stereocenters. The second kappa shape index (κ2) is 6.54. The Morgan fingerprint density at radius 3 is 2.57 bits per heavy atom. The van der Waals surface area contributed by atoms with Gasteiger partial charge in [-0.25, -0.2) is 4.79 Å². The number of hydrogen-bond donors (Lipinski definition) is 1. The average Bonchev–Trinajstić information content (AvgIpc) is 3.27. The third-order valence-corrected chi connectivity index (χ3v) is 4.08. The highest BCUT2D eigenvalue weighted by molar-refractivity contribution is 6.43. The molecule has 1 amide bonds. The fourth-order valence-electron chi connectivity index (χ4n) is 2.05. The zero-order chi connectivity index (χ0) is 15.6. The second-order valence-corrected chi connectivity index (χ2v) is 5.63. The Balaban J connectivity index is 1.97. The van der Waals surface area contributed by atoms with Crippen molar-refractivity contribution in [2.24, 2.45) is 0 Å². The molecule has 2 N–H and O–H groups in total. The minimum atomic E-state index is -0.652. The number of ether oxygens (including phenoxy) is 1. The summed E-state index contributed by atoms with van der Waals surface area (Å²) in [5, 5.41) is 0.360. The first-order chi connectivity index (χ1) is 9.93. The second-order valence-electron chi connectivity index (χ2n) is 4.85. The van der Waals surface area contributed by atoms with E-state index in [0.29, 0.717) is 12.6 Å². The number of benzene rings is 1. The van der Waals surface area contributed by atoms with Crippen LogP contribution < -0.4 is 5.73 Å². The van der Waals surface area contributed by atoms with Gasteiger partial charge >= 0.3 is 5.97 Å². The number of nitrogens with two attached hydrogens (primary N) is 1. The van der Waals surface area contributed by atoms with Crippen LogP contribution in [0, 0.1) is 0 Å². The molecule has 2 rings (SSSR count). The molecule has 0 aliphatic heterocycles. The Hall–Kier alpha value is -1.46. The molecule has 1 aromatic rings. The summed E-state index contributed by atoms with van der Waals surface area (Å²) in [7, 11) is 0. The van der Waals surface area contributed by atoms with Gasteiger partial charge < -0.3 is 15.4 Å². The largest absolute Gasteiger partial charge is 0.452 e. The fourth-order valence-corrected chi connectivity index (χ4v) is 2.38. The minimum absolute atomic E-state index is 0.170. The number of rotatable bonds is 5. The molecule has 1 aromatic carbocycles. The zero-order valence-electron chi connectivity index (χ0n) is 11.6. The lowest BCUT2D eigenvalue weighted by Gasteiger charge is -2.20. The van der Waals surface area contributed by atoms with Crippen molar-refractivity contribution >= 4 is 40.8 Å². The summed E-state index contributed by atoms with van der Waals surface area (Å²) in [5.74, 6) is -0.846. The van der Waals surface area contributed by atoms with Crippen molar-refractivity contribution < 1.29 is 14.3 Å². The van der Waals surface area contributed by atoms with E-state index in [9.17, 15) is 9.59 Å². The maximum atomic E-state index is 12.0. The van der Waals surface area contributed by atoms with Gasteiger partial charge in [-0.1, -0.05) is 23.2 Å². The van der Waals surface area contributed by atoms with Gasteiger partial charge in [-0.3, -0.25) is 4.79 Å². The van der Waals surface area contributed by atoms with Gasteiger partial charge in [0, 0.05) is 12.6 Å². The SMILES string of the molecule is CCN(C(=O)COC(=O)c1cc(N)c(Cl)c(Cl)c1)C1CC1. The van der Waals surface area contributed by atoms with E-state index in [-0.39, 0.29) is 33.8 Å². The smallest absolute Gasteiger partial charge is 0.338 e. The summed E-state index contributed by atoms with van der Waals surface area (Å²) in [4.78, 5) is 25.6. The van der Waals surface area contributed by atoms with Crippen LogP contribution in [0.25, 0.3) is 0 Å². The summed E-state index contributed by atoms with van der Waals surface area (Å²) in [6, 6.07) is 3.03. The number of esters is 1. The molecule has 0 atom stereocenters. The topological polar surface area (TPSA) is 72.6 Å². The molecule has 5 nitrogen and oxygen atoms in total. The Kier molecular flexibility index (Phi) is 4.96. The maximum absolute atomic E-state index is 12.0. The third-order valence-electron chi connectivity index (χ3n) is 3.27. The molecular weight excluding hydrogens is 315 g/mol. The number of hydrogen-bond acceptors (Lipinski definition) is 4. The van der Waals surface area contributed by atoms with Crippen molar-refractivity contribution in [1.82, 2.24) is 4.90 Å². The average molecular weight is 331 g/mol. The Labute approximate surface area is 132 Å². The molecule has 0 radical (unpaired) electrons. The molecule has 0 aromatic heterocycles. The number of halogens is 2. The highest BCUT2D eigenvalue weighted by Gasteiger charge is 2.31. The van der Waals surface area contributed by atoms with Crippen molar-refractivity contribution in [1.29, 1.82) is 0 Å². The summed E-state index contributed by atoms with van der Waals surface area (Å²) < 4.78 is 5.01. The van der Waals surface area contributed by atoms with Crippen LogP contribution in [-0.4, -0.2) is 36.0 Å². The molecule has 1 saturated carbocycles. The van der Waals surface area contributed by atoms with E-state index in [0.717, 1.165) is 12.8 Å². The van der Waals surface area contributed by atoms with E-state index in [1.165, 1.54) is 12.1 Å². The number of carbonyl (C=O) groups excluding carboxylic acids is 2. The molecule has 0 bridgehead atoms. The van der Waals surface area contributed by atoms with Crippen LogP contribution in [0.15, 0.2) is 12.1 Å². The monoisotopic (exact) mass is 330 g/mol. The number of anilines is 1. The summed E-state index contributed by atoms with van der Waals surface area (Å²) in [6.07, 6.45) is 2.02. The van der Waals surface area contributed by atoms with Gasteiger partial charge in [0.15, 0.2) is 6.61 Å². The molecule has 1 aliphatic carbocycles. The fraction of sp³-hybridized carbons (Fsp3) is 0.429. The van der Waals surface area contributed by atoms with Crippen molar-refractivity contribution in [2.45, 2.75) is 25.8 Å². The zero-order valence-corrected chi connectivity index (χ0v) is 13.1. The van der Waals surface area contributed by atoms with E-state index in [1.807, 2.05) is 6.92 Å². The van der Waals surface area contributed by atoms with E-state index >= 15 is 0 Å². The summed E-state index contributed by atoms with van der Waals surface area (Å²) in [6.45, 7) is 2.22. The van der Waals surface area contributed by atoms with Crippen LogP contribution in [0.3, 0.4) is 0 Å². The Morgan fingerprint density at radius 2 is 2.05 bits per heavy atom. The van der Waals surface area contributed by atoms with Crippen molar-refractivity contribution in [3.05, 3.63) is 27.7 Å². The lowest BCUT2D eigenvalue weighted by Crippen LogP contribution is -2.36. The molecule has 0 spiro atoms. The number of nitrogen functional groups attached to an aromatic ring is 1. The third kappa shape index (κ3) is 3.80. The normalized spacial score (nSPS) is 13.9. The van der Waals surface area contributed by atoms with Crippen molar-refractivity contribution in [2.75, 3.05) is 18.9 Å². The number of carbonyl (C=O) groups is 2. The van der Waals surface area contributed by atoms with Crippen molar-refractivity contribution in [3.8, 4) is 0 Å². The van der Waals surface area contributed by atoms with Gasteiger partial charge in [0.1, 0.15) is 0 Å². The van der Waals surface area contributed by atoms with Crippen molar-refractivity contribution in [3.63, 3.8) is 0 Å². The number of amides is 1. The standard InChI is InChI=1S/C14H16Cl2N2O3/c1-2-18(9-3-4-9)12(19)7-21-14(20)8-5-10(15)13(16)11(17)6-8/h5-6,9H,2-4,7,17H2,1H3. The minimum Gasteiger partial charge on any atom is -0.452 e. The summed E-state index contributed by atoms with van der Waals surface area (Å²) in [5.41, 5.74) is 5.99. The summed E-state index contributed by atoms with van der Waals surface area (Å²) >= 11 is 11.7. The first-order valence-electron chi connectivity index (χ1n) is 6.65. The molecular formula is C14H16Cl2N2O3. The van der Waals surface area contributed by atoms with Gasteiger partial charge in [0.05, 0.1) is 21.3 Å². The molecule has 1 fully saturated rings. The van der Waals surface area contributed by atoms with Gasteiger partial charge in [-0.05, 0) is 31.9 Å². The predicted octanol–water partition coefficient (Wildman–Crippen LogP) is 2.74. The van der Waals surface area contributed by atoms with Crippen LogP contribution in [-0.2, 0) is 9.53 Å². The molecule has 0 heterocycles. The van der Waals surface area contributed by atoms with Crippen LogP contribution in [0.1, 0.15) is 30.1 Å². The van der Waals surface area contributed by atoms with Gasteiger partial charge in [-0.15, -0.1) is 0 Å². The van der Waals surface area contributed by atoms with Gasteiger partial charge in [0.25, 0.3) is 5.91 Å². The van der Waals surface area contributed by atoms with Gasteiger partial charge in [0.2, 0.25) is 0 Å². The first kappa shape index (κ1) is 15.9. The van der Waals surface area contributed by atoms with Crippen LogP contribution in [0.2, 0.25) is 10.0 Å².